The normalized spacial score (nSPS) is 14.2. The van der Waals surface area contributed by atoms with E-state index < -0.39 is 97.4 Å². The molecule has 0 fully saturated rings. The van der Waals surface area contributed by atoms with E-state index in [1.807, 2.05) is 0 Å². The Morgan fingerprint density at radius 2 is 1.18 bits per heavy atom. The van der Waals surface area contributed by atoms with Crippen LogP contribution in [0.25, 0.3) is 11.4 Å². The van der Waals surface area contributed by atoms with Crippen molar-refractivity contribution in [1.82, 2.24) is 9.97 Å². The van der Waals surface area contributed by atoms with Gasteiger partial charge in [0, 0.05) is 6.42 Å². The molecule has 1 aromatic heterocycles. The molecule has 7 nitrogen and oxygen atoms in total. The molecule has 0 aliphatic rings. The van der Waals surface area contributed by atoms with Gasteiger partial charge in [-0.25, -0.2) is 23.8 Å². The molecule has 0 spiro atoms. The number of benzene rings is 1. The Hall–Kier alpha value is -3.41. The van der Waals surface area contributed by atoms with Crippen molar-refractivity contribution in [3.05, 3.63) is 36.2 Å². The predicted molar refractivity (Wildman–Crippen MR) is 108 cm³/mol. The third-order valence-electron chi connectivity index (χ3n) is 4.88. The molecule has 0 unspecified atom stereocenters. The van der Waals surface area contributed by atoms with Gasteiger partial charge in [-0.3, -0.25) is 0 Å². The van der Waals surface area contributed by atoms with Crippen molar-refractivity contribution in [1.29, 1.82) is 0 Å². The van der Waals surface area contributed by atoms with Gasteiger partial charge in [0.2, 0.25) is 5.82 Å². The maximum atomic E-state index is 14.3. The first-order valence-electron chi connectivity index (χ1n) is 11.1. The number of hydrogen-bond acceptors (Lipinski definition) is 7. The van der Waals surface area contributed by atoms with Crippen molar-refractivity contribution in [2.75, 3.05) is 19.8 Å². The van der Waals surface area contributed by atoms with Crippen LogP contribution in [0.3, 0.4) is 0 Å². The first-order valence-corrected chi connectivity index (χ1v) is 11.1. The monoisotopic (exact) mass is 696 g/mol. The highest BCUT2D eigenvalue weighted by Crippen LogP contribution is 2.56. The van der Waals surface area contributed by atoms with E-state index in [0.29, 0.717) is 0 Å². The largest absolute Gasteiger partial charge is 0.505 e. The van der Waals surface area contributed by atoms with Crippen LogP contribution in [0.2, 0.25) is 0 Å². The van der Waals surface area contributed by atoms with Crippen molar-refractivity contribution in [3.63, 3.8) is 0 Å². The average Bonchev–Trinajstić information content (AvgIpc) is 2.87. The van der Waals surface area contributed by atoms with Crippen LogP contribution in [0, 0.1) is 11.6 Å². The fourth-order valence-corrected chi connectivity index (χ4v) is 2.73. The Kier molecular flexibility index (Phi) is 10.7. The molecule has 0 bridgehead atoms. The van der Waals surface area contributed by atoms with Gasteiger partial charge in [0.1, 0.15) is 6.61 Å². The zero-order valence-corrected chi connectivity index (χ0v) is 21.0. The summed E-state index contributed by atoms with van der Waals surface area (Å²) in [4.78, 5) is 7.11. The maximum absolute atomic E-state index is 14.3. The number of nitrogens with zero attached hydrogens (tertiary/aromatic N) is 2. The molecule has 24 heteroatoms. The summed E-state index contributed by atoms with van der Waals surface area (Å²) in [5.41, 5.74) is -0.477. The number of hydrogen-bond donors (Lipinski definition) is 1. The molecule has 0 saturated heterocycles. The molecule has 2 rings (SSSR count). The van der Waals surface area contributed by atoms with Gasteiger partial charge in [0.05, 0.1) is 31.2 Å². The molecule has 0 atom stereocenters. The Morgan fingerprint density at radius 3 is 1.71 bits per heavy atom. The lowest BCUT2D eigenvalue weighted by Gasteiger charge is -2.36. The fourth-order valence-electron chi connectivity index (χ4n) is 2.73. The molecule has 1 N–H and O–H groups in total. The van der Waals surface area contributed by atoms with Gasteiger partial charge in [-0.2, -0.15) is 70.2 Å². The standard InChI is InChI=1S/C21H13F17N2O5/c22-12-10(14-39-6-9(41)7-40-14)2-3-11(13(12)23)43-5-1-4-42-8-15(24,25)44-20(35,36)21(37,38)45-19(33,34)17(28,29)16(26,27)18(30,31)32/h2-3,6-7,41H,1,4-5,8H2. The average molecular weight is 696 g/mol. The molecule has 45 heavy (non-hydrogen) atoms. The van der Waals surface area contributed by atoms with Crippen LogP contribution in [0.5, 0.6) is 11.5 Å². The summed E-state index contributed by atoms with van der Waals surface area (Å²) < 4.78 is 236. The minimum Gasteiger partial charge on any atom is -0.505 e. The third kappa shape index (κ3) is 8.25. The Balaban J connectivity index is 1.94. The second-order valence-electron chi connectivity index (χ2n) is 8.30. The molecule has 256 valence electrons. The lowest BCUT2D eigenvalue weighted by atomic mass is 10.1. The summed E-state index contributed by atoms with van der Waals surface area (Å²) in [7, 11) is 0. The SMILES string of the molecule is Oc1cnc(-c2ccc(OCCCOCC(F)(F)OC(F)(F)C(F)(F)OC(F)(F)C(F)(F)C(F)(F)C(F)(F)F)c(F)c2F)nc1. The van der Waals surface area contributed by atoms with E-state index in [2.05, 4.69) is 19.4 Å². The molecule has 1 heterocycles. The summed E-state index contributed by atoms with van der Waals surface area (Å²) in [6.07, 6.45) is -34.2. The number of aromatic nitrogens is 2. The van der Waals surface area contributed by atoms with Gasteiger partial charge >= 0.3 is 42.5 Å². The van der Waals surface area contributed by atoms with Crippen LogP contribution in [0.15, 0.2) is 24.5 Å². The molecule has 0 saturated carbocycles. The minimum absolute atomic E-state index is 0.350. The van der Waals surface area contributed by atoms with E-state index in [4.69, 9.17) is 9.84 Å². The topological polar surface area (TPSA) is 82.9 Å². The number of ether oxygens (including phenoxy) is 4. The predicted octanol–water partition coefficient (Wildman–Crippen LogP) is 7.15. The zero-order chi connectivity index (χ0) is 34.9. The smallest absolute Gasteiger partial charge is 0.460 e. The van der Waals surface area contributed by atoms with Gasteiger partial charge < -0.3 is 14.6 Å². The molecule has 0 amide bonds. The lowest BCUT2D eigenvalue weighted by molar-refractivity contribution is -0.543. The molecular weight excluding hydrogens is 683 g/mol. The van der Waals surface area contributed by atoms with Crippen LogP contribution >= 0.6 is 0 Å². The van der Waals surface area contributed by atoms with E-state index in [0.717, 1.165) is 24.5 Å². The van der Waals surface area contributed by atoms with Crippen molar-refractivity contribution in [3.8, 4) is 22.9 Å². The molecule has 0 radical (unpaired) electrons. The van der Waals surface area contributed by atoms with Gasteiger partial charge in [0.15, 0.2) is 23.1 Å². The Morgan fingerprint density at radius 1 is 0.644 bits per heavy atom. The van der Waals surface area contributed by atoms with Crippen molar-refractivity contribution < 1.29 is 98.7 Å². The highest BCUT2D eigenvalue weighted by molar-refractivity contribution is 5.57. The van der Waals surface area contributed by atoms with Crippen molar-refractivity contribution in [2.45, 2.75) is 48.9 Å². The second kappa shape index (κ2) is 12.8. The minimum atomic E-state index is -7.97. The fraction of sp³-hybridized carbons (Fsp3) is 0.524. The summed E-state index contributed by atoms with van der Waals surface area (Å²) in [5.74, 6) is -20.4. The highest BCUT2D eigenvalue weighted by atomic mass is 19.4. The molecule has 0 aliphatic heterocycles. The molecule has 1 aromatic carbocycles. The maximum Gasteiger partial charge on any atom is 0.460 e. The first-order chi connectivity index (χ1) is 20.2. The van der Waals surface area contributed by atoms with Gasteiger partial charge in [-0.05, 0) is 12.1 Å². The van der Waals surface area contributed by atoms with Crippen molar-refractivity contribution in [2.24, 2.45) is 0 Å². The van der Waals surface area contributed by atoms with E-state index >= 15 is 0 Å². The van der Waals surface area contributed by atoms with Gasteiger partial charge in [0.25, 0.3) is 0 Å². The Labute approximate surface area is 237 Å². The van der Waals surface area contributed by atoms with Crippen LogP contribution in [0.1, 0.15) is 6.42 Å². The number of halogens is 17. The summed E-state index contributed by atoms with van der Waals surface area (Å²) in [5, 5.41) is 9.12. The number of alkyl halides is 15. The quantitative estimate of drug-likeness (QED) is 0.157. The Bertz CT molecular complexity index is 1310. The van der Waals surface area contributed by atoms with Crippen LogP contribution in [0.4, 0.5) is 74.6 Å². The molecule has 0 aliphatic carbocycles. The van der Waals surface area contributed by atoms with Gasteiger partial charge in [-0.1, -0.05) is 0 Å². The lowest BCUT2D eigenvalue weighted by Crippen LogP contribution is -2.64. The molecular formula is C21H13F17N2O5. The molecule has 2 aromatic rings. The van der Waals surface area contributed by atoms with E-state index in [-0.39, 0.29) is 5.82 Å². The van der Waals surface area contributed by atoms with E-state index in [1.54, 1.807) is 0 Å². The highest BCUT2D eigenvalue weighted by Gasteiger charge is 2.85. The van der Waals surface area contributed by atoms with E-state index in [9.17, 15) is 74.6 Å². The van der Waals surface area contributed by atoms with Gasteiger partial charge in [-0.15, -0.1) is 0 Å². The number of aromatic hydroxyl groups is 1. The van der Waals surface area contributed by atoms with Crippen LogP contribution in [-0.4, -0.2) is 77.4 Å². The van der Waals surface area contributed by atoms with Crippen LogP contribution < -0.4 is 4.74 Å². The number of rotatable bonds is 15. The van der Waals surface area contributed by atoms with E-state index in [1.165, 1.54) is 4.74 Å². The van der Waals surface area contributed by atoms with Crippen LogP contribution in [-0.2, 0) is 14.2 Å². The second-order valence-corrected chi connectivity index (χ2v) is 8.30. The zero-order valence-electron chi connectivity index (χ0n) is 21.0. The summed E-state index contributed by atoms with van der Waals surface area (Å²) in [6.45, 7) is -4.08. The summed E-state index contributed by atoms with van der Waals surface area (Å²) in [6, 6.07) is 1.80. The third-order valence-corrected chi connectivity index (χ3v) is 4.88. The van der Waals surface area contributed by atoms with Crippen molar-refractivity contribution >= 4 is 0 Å². The summed E-state index contributed by atoms with van der Waals surface area (Å²) >= 11 is 0. The first kappa shape index (κ1) is 37.8.